The number of halogens is 1. The lowest BCUT2D eigenvalue weighted by molar-refractivity contribution is 0.656. The van der Waals surface area contributed by atoms with E-state index < -0.39 is 0 Å². The fraction of sp³-hybridized carbons (Fsp3) is 0.385. The van der Waals surface area contributed by atoms with E-state index in [0.29, 0.717) is 11.8 Å². The van der Waals surface area contributed by atoms with Crippen molar-refractivity contribution in [1.82, 2.24) is 14.8 Å². The van der Waals surface area contributed by atoms with Crippen LogP contribution in [0.25, 0.3) is 0 Å². The van der Waals surface area contributed by atoms with Gasteiger partial charge in [-0.1, -0.05) is 38.1 Å². The summed E-state index contributed by atoms with van der Waals surface area (Å²) in [4.78, 5) is 4.10. The van der Waals surface area contributed by atoms with Crippen LogP contribution in [-0.4, -0.2) is 14.8 Å². The van der Waals surface area contributed by atoms with Crippen molar-refractivity contribution >= 4 is 11.6 Å². The van der Waals surface area contributed by atoms with E-state index in [4.69, 9.17) is 11.6 Å². The predicted octanol–water partition coefficient (Wildman–Crippen LogP) is 3.19. The van der Waals surface area contributed by atoms with Gasteiger partial charge in [0.2, 0.25) is 0 Å². The van der Waals surface area contributed by atoms with Crippen molar-refractivity contribution in [3.63, 3.8) is 0 Å². The molecule has 0 spiro atoms. The molecule has 0 radical (unpaired) electrons. The first-order valence-electron chi connectivity index (χ1n) is 5.72. The Morgan fingerprint density at radius 3 is 2.53 bits per heavy atom. The van der Waals surface area contributed by atoms with Crippen molar-refractivity contribution in [2.24, 2.45) is 0 Å². The number of benzene rings is 1. The van der Waals surface area contributed by atoms with Crippen LogP contribution < -0.4 is 0 Å². The summed E-state index contributed by atoms with van der Waals surface area (Å²) in [5.41, 5.74) is 2.57. The summed E-state index contributed by atoms with van der Waals surface area (Å²) in [6, 6.07) is 8.60. The van der Waals surface area contributed by atoms with E-state index >= 15 is 0 Å². The smallest absolute Gasteiger partial charge is 0.142 e. The van der Waals surface area contributed by atoms with Crippen LogP contribution in [0.4, 0.5) is 0 Å². The van der Waals surface area contributed by atoms with Gasteiger partial charge in [0.25, 0.3) is 0 Å². The zero-order chi connectivity index (χ0) is 12.3. The summed E-state index contributed by atoms with van der Waals surface area (Å²) in [5.74, 6) is 1.76. The lowest BCUT2D eigenvalue weighted by Crippen LogP contribution is -2.05. The molecular formula is C13H16ClN3. The van der Waals surface area contributed by atoms with Crippen LogP contribution in [-0.2, 0) is 12.4 Å². The third-order valence-corrected chi connectivity index (χ3v) is 3.03. The Bertz CT molecular complexity index is 474. The zero-order valence-electron chi connectivity index (χ0n) is 10.1. The largest absolute Gasteiger partial charge is 0.244 e. The van der Waals surface area contributed by atoms with Gasteiger partial charge in [-0.15, -0.1) is 11.6 Å². The Morgan fingerprint density at radius 2 is 1.94 bits per heavy atom. The van der Waals surface area contributed by atoms with Gasteiger partial charge in [-0.25, -0.2) is 9.67 Å². The number of rotatable bonds is 4. The summed E-state index contributed by atoms with van der Waals surface area (Å²) < 4.78 is 1.83. The van der Waals surface area contributed by atoms with E-state index in [1.165, 1.54) is 11.1 Å². The van der Waals surface area contributed by atoms with Crippen LogP contribution >= 0.6 is 11.6 Å². The van der Waals surface area contributed by atoms with Gasteiger partial charge in [0.15, 0.2) is 0 Å². The molecule has 2 aromatic rings. The van der Waals surface area contributed by atoms with Crippen molar-refractivity contribution in [3.05, 3.63) is 47.5 Å². The van der Waals surface area contributed by atoms with Crippen molar-refractivity contribution in [2.45, 2.75) is 32.2 Å². The molecule has 0 aliphatic rings. The summed E-state index contributed by atoms with van der Waals surface area (Å²) in [6.45, 7) is 5.11. The molecule has 0 N–H and O–H groups in total. The number of alkyl halides is 1. The van der Waals surface area contributed by atoms with E-state index in [2.05, 4.69) is 48.2 Å². The van der Waals surface area contributed by atoms with E-state index in [0.717, 1.165) is 12.4 Å². The molecule has 1 heterocycles. The van der Waals surface area contributed by atoms with Gasteiger partial charge in [0.05, 0.1) is 12.4 Å². The van der Waals surface area contributed by atoms with Gasteiger partial charge in [-0.2, -0.15) is 5.10 Å². The lowest BCUT2D eigenvalue weighted by atomic mass is 10.0. The van der Waals surface area contributed by atoms with E-state index in [9.17, 15) is 0 Å². The van der Waals surface area contributed by atoms with Gasteiger partial charge >= 0.3 is 0 Å². The molecule has 0 bridgehead atoms. The van der Waals surface area contributed by atoms with Gasteiger partial charge in [-0.3, -0.25) is 0 Å². The standard InChI is InChI=1S/C13H16ClN3/c1-10(2)12-5-3-11(4-6-12)8-17-13(7-14)15-9-16-17/h3-6,9-10H,7-8H2,1-2H3. The van der Waals surface area contributed by atoms with Crippen molar-refractivity contribution in [1.29, 1.82) is 0 Å². The summed E-state index contributed by atoms with van der Waals surface area (Å²) in [5, 5.41) is 4.16. The van der Waals surface area contributed by atoms with Crippen LogP contribution in [0.1, 0.15) is 36.7 Å². The normalized spacial score (nSPS) is 11.1. The Hall–Kier alpha value is -1.35. The van der Waals surface area contributed by atoms with Gasteiger partial charge < -0.3 is 0 Å². The first-order valence-corrected chi connectivity index (χ1v) is 6.25. The van der Waals surface area contributed by atoms with Gasteiger partial charge in [-0.05, 0) is 17.0 Å². The highest BCUT2D eigenvalue weighted by Crippen LogP contribution is 2.15. The molecule has 4 heteroatoms. The van der Waals surface area contributed by atoms with Crippen molar-refractivity contribution in [2.75, 3.05) is 0 Å². The number of nitrogens with zero attached hydrogens (tertiary/aromatic N) is 3. The maximum atomic E-state index is 5.78. The Balaban J connectivity index is 2.14. The van der Waals surface area contributed by atoms with Gasteiger partial charge in [0, 0.05) is 0 Å². The molecule has 0 aliphatic heterocycles. The maximum Gasteiger partial charge on any atom is 0.142 e. The monoisotopic (exact) mass is 249 g/mol. The Kier molecular flexibility index (Phi) is 3.79. The zero-order valence-corrected chi connectivity index (χ0v) is 10.9. The molecule has 0 saturated carbocycles. The molecule has 0 saturated heterocycles. The molecule has 0 fully saturated rings. The summed E-state index contributed by atoms with van der Waals surface area (Å²) >= 11 is 5.78. The average molecular weight is 250 g/mol. The molecule has 0 aliphatic carbocycles. The Labute approximate surface area is 106 Å². The second-order valence-corrected chi connectivity index (χ2v) is 4.63. The third-order valence-electron chi connectivity index (χ3n) is 2.79. The molecule has 90 valence electrons. The topological polar surface area (TPSA) is 30.7 Å². The van der Waals surface area contributed by atoms with Crippen molar-refractivity contribution < 1.29 is 0 Å². The van der Waals surface area contributed by atoms with Crippen LogP contribution in [0, 0.1) is 0 Å². The molecule has 0 atom stereocenters. The van der Waals surface area contributed by atoms with Crippen molar-refractivity contribution in [3.8, 4) is 0 Å². The highest BCUT2D eigenvalue weighted by Gasteiger charge is 2.04. The average Bonchev–Trinajstić information content (AvgIpc) is 2.77. The minimum atomic E-state index is 0.393. The molecule has 1 aromatic heterocycles. The fourth-order valence-electron chi connectivity index (χ4n) is 1.70. The Morgan fingerprint density at radius 1 is 1.24 bits per heavy atom. The minimum Gasteiger partial charge on any atom is -0.244 e. The fourth-order valence-corrected chi connectivity index (χ4v) is 1.91. The maximum absolute atomic E-state index is 5.78. The first-order chi connectivity index (χ1) is 8.20. The molecule has 2 rings (SSSR count). The second-order valence-electron chi connectivity index (χ2n) is 4.36. The molecule has 17 heavy (non-hydrogen) atoms. The molecule has 0 unspecified atom stereocenters. The first kappa shape index (κ1) is 12.1. The predicted molar refractivity (Wildman–Crippen MR) is 69.2 cm³/mol. The van der Waals surface area contributed by atoms with E-state index in [-0.39, 0.29) is 0 Å². The highest BCUT2D eigenvalue weighted by molar-refractivity contribution is 6.16. The number of aromatic nitrogens is 3. The van der Waals surface area contributed by atoms with Crippen LogP contribution in [0.15, 0.2) is 30.6 Å². The third kappa shape index (κ3) is 2.86. The summed E-state index contributed by atoms with van der Waals surface area (Å²) in [6.07, 6.45) is 1.54. The molecule has 3 nitrogen and oxygen atoms in total. The van der Waals surface area contributed by atoms with Crippen LogP contribution in [0.5, 0.6) is 0 Å². The van der Waals surface area contributed by atoms with Gasteiger partial charge in [0.1, 0.15) is 12.2 Å². The molecule has 1 aromatic carbocycles. The second kappa shape index (κ2) is 5.32. The highest BCUT2D eigenvalue weighted by atomic mass is 35.5. The number of hydrogen-bond acceptors (Lipinski definition) is 2. The van der Waals surface area contributed by atoms with Crippen LogP contribution in [0.3, 0.4) is 0 Å². The van der Waals surface area contributed by atoms with Crippen LogP contribution in [0.2, 0.25) is 0 Å². The minimum absolute atomic E-state index is 0.393. The van der Waals surface area contributed by atoms with E-state index in [1.54, 1.807) is 6.33 Å². The number of hydrogen-bond donors (Lipinski definition) is 0. The van der Waals surface area contributed by atoms with E-state index in [1.807, 2.05) is 4.68 Å². The molecule has 0 amide bonds. The quantitative estimate of drug-likeness (QED) is 0.780. The summed E-state index contributed by atoms with van der Waals surface area (Å²) in [7, 11) is 0. The SMILES string of the molecule is CC(C)c1ccc(Cn2ncnc2CCl)cc1. The lowest BCUT2D eigenvalue weighted by Gasteiger charge is -2.08. The molecular weight excluding hydrogens is 234 g/mol.